The molecule has 0 aromatic carbocycles. The number of nitrogens with one attached hydrogen (secondary N) is 1. The van der Waals surface area contributed by atoms with Crippen LogP contribution in [0.15, 0.2) is 11.4 Å². The molecule has 0 spiro atoms. The zero-order chi connectivity index (χ0) is 14.6. The molecule has 1 saturated carbocycles. The Balaban J connectivity index is 1.59. The first-order valence-corrected chi connectivity index (χ1v) is 8.98. The second-order valence-corrected chi connectivity index (χ2v) is 7.68. The van der Waals surface area contributed by atoms with Crippen LogP contribution in [0.1, 0.15) is 48.0 Å². The van der Waals surface area contributed by atoms with Crippen LogP contribution in [0.3, 0.4) is 0 Å². The van der Waals surface area contributed by atoms with Gasteiger partial charge in [-0.15, -0.1) is 11.3 Å². The molecule has 2 aliphatic rings. The topological polar surface area (TPSA) is 27.2 Å². The van der Waals surface area contributed by atoms with E-state index in [1.165, 1.54) is 37.2 Å². The van der Waals surface area contributed by atoms with Crippen LogP contribution in [0.5, 0.6) is 0 Å². The minimum absolute atomic E-state index is 0.535. The summed E-state index contributed by atoms with van der Waals surface area (Å²) in [6.45, 7) is 4.38. The molecule has 4 nitrogen and oxygen atoms in total. The highest BCUT2D eigenvalue weighted by Gasteiger charge is 2.31. The maximum absolute atomic E-state index is 5.58. The molecule has 2 aromatic rings. The van der Waals surface area contributed by atoms with Crippen LogP contribution in [0.4, 0.5) is 0 Å². The van der Waals surface area contributed by atoms with Gasteiger partial charge >= 0.3 is 0 Å². The average Bonchev–Trinajstić information content (AvgIpc) is 3.13. The number of hydrogen-bond acceptors (Lipinski definition) is 3. The molecule has 0 amide bonds. The fourth-order valence-corrected chi connectivity index (χ4v) is 4.54. The first-order chi connectivity index (χ1) is 10.1. The summed E-state index contributed by atoms with van der Waals surface area (Å²) < 4.78 is 5.02. The monoisotopic (exact) mass is 321 g/mol. The lowest BCUT2D eigenvalue weighted by Crippen LogP contribution is -3.12. The molecule has 1 unspecified atom stereocenters. The number of aromatic nitrogens is 3. The lowest BCUT2D eigenvalue weighted by atomic mass is 10.0. The highest BCUT2D eigenvalue weighted by Crippen LogP contribution is 2.38. The third-order valence-corrected chi connectivity index (χ3v) is 6.38. The molecule has 2 aromatic heterocycles. The maximum atomic E-state index is 5.58. The van der Waals surface area contributed by atoms with E-state index in [2.05, 4.69) is 30.0 Å². The fourth-order valence-electron chi connectivity index (χ4n) is 3.36. The summed E-state index contributed by atoms with van der Waals surface area (Å²) in [7, 11) is 2.06. The Labute approximate surface area is 134 Å². The standard InChI is InChI=1S/C15H20N4S2/c1-10-12-6-8-21-13(12)5-7-18(10)9-19-15(20)17(2)14(16-19)11-3-4-11/h6,8,10-11H,3-5,7,9H2,1-2H3/p+1/t10-/m0/s1. The van der Waals surface area contributed by atoms with Crippen molar-refractivity contribution in [2.24, 2.45) is 7.05 Å². The molecule has 1 N–H and O–H groups in total. The smallest absolute Gasteiger partial charge is 0.202 e. The van der Waals surface area contributed by atoms with E-state index in [0.717, 1.165) is 11.4 Å². The molecule has 1 aliphatic heterocycles. The minimum atomic E-state index is 0.535. The molecule has 3 heterocycles. The predicted molar refractivity (Wildman–Crippen MR) is 86.3 cm³/mol. The molecule has 112 valence electrons. The number of quaternary nitrogens is 1. The van der Waals surface area contributed by atoms with Crippen LogP contribution in [-0.2, 0) is 20.1 Å². The van der Waals surface area contributed by atoms with E-state index in [1.807, 2.05) is 16.0 Å². The van der Waals surface area contributed by atoms with Crippen LogP contribution in [0.2, 0.25) is 0 Å². The molecule has 1 fully saturated rings. The first kappa shape index (κ1) is 13.7. The Morgan fingerprint density at radius 1 is 1.48 bits per heavy atom. The van der Waals surface area contributed by atoms with Crippen molar-refractivity contribution in [1.29, 1.82) is 0 Å². The molecule has 1 aliphatic carbocycles. The summed E-state index contributed by atoms with van der Waals surface area (Å²) in [5.41, 5.74) is 1.52. The van der Waals surface area contributed by atoms with Gasteiger partial charge in [0.2, 0.25) is 4.77 Å². The minimum Gasteiger partial charge on any atom is -0.310 e. The third-order valence-electron chi connectivity index (χ3n) is 4.90. The van der Waals surface area contributed by atoms with Crippen molar-refractivity contribution in [3.05, 3.63) is 32.5 Å². The predicted octanol–water partition coefficient (Wildman–Crippen LogP) is 2.05. The van der Waals surface area contributed by atoms with Gasteiger partial charge in [-0.3, -0.25) is 0 Å². The van der Waals surface area contributed by atoms with Gasteiger partial charge < -0.3 is 9.47 Å². The lowest BCUT2D eigenvalue weighted by Gasteiger charge is -2.30. The molecular formula is C15H21N4S2+. The normalized spacial score (nSPS) is 25.0. The molecule has 0 bridgehead atoms. The van der Waals surface area contributed by atoms with Gasteiger partial charge in [0.1, 0.15) is 11.9 Å². The van der Waals surface area contributed by atoms with E-state index in [4.69, 9.17) is 17.3 Å². The molecule has 0 radical (unpaired) electrons. The van der Waals surface area contributed by atoms with Gasteiger partial charge in [-0.25, -0.2) is 0 Å². The number of hydrogen-bond donors (Lipinski definition) is 1. The van der Waals surface area contributed by atoms with Crippen molar-refractivity contribution in [1.82, 2.24) is 14.3 Å². The Kier molecular flexibility index (Phi) is 3.28. The largest absolute Gasteiger partial charge is 0.310 e. The van der Waals surface area contributed by atoms with E-state index in [0.29, 0.717) is 12.0 Å². The summed E-state index contributed by atoms with van der Waals surface area (Å²) in [6, 6.07) is 2.82. The van der Waals surface area contributed by atoms with Crippen LogP contribution in [0, 0.1) is 4.77 Å². The second kappa shape index (κ2) is 5.04. The lowest BCUT2D eigenvalue weighted by molar-refractivity contribution is -0.954. The maximum Gasteiger partial charge on any atom is 0.202 e. The van der Waals surface area contributed by atoms with Gasteiger partial charge in [-0.1, -0.05) is 0 Å². The third kappa shape index (κ3) is 2.29. The summed E-state index contributed by atoms with van der Waals surface area (Å²) in [6.07, 6.45) is 3.72. The number of thiophene rings is 1. The number of rotatable bonds is 3. The van der Waals surface area contributed by atoms with Crippen LogP contribution < -0.4 is 4.90 Å². The van der Waals surface area contributed by atoms with Crippen LogP contribution >= 0.6 is 23.6 Å². The van der Waals surface area contributed by atoms with Gasteiger partial charge in [0.05, 0.1) is 6.54 Å². The average molecular weight is 321 g/mol. The number of nitrogens with zero attached hydrogens (tertiary/aromatic N) is 3. The Bertz CT molecular complexity index is 722. The fraction of sp³-hybridized carbons (Fsp3) is 0.600. The van der Waals surface area contributed by atoms with E-state index in [1.54, 1.807) is 9.78 Å². The zero-order valence-electron chi connectivity index (χ0n) is 12.5. The molecule has 2 atom stereocenters. The van der Waals surface area contributed by atoms with Gasteiger partial charge in [0.15, 0.2) is 6.67 Å². The van der Waals surface area contributed by atoms with E-state index < -0.39 is 0 Å². The van der Waals surface area contributed by atoms with E-state index in [-0.39, 0.29) is 0 Å². The highest BCUT2D eigenvalue weighted by atomic mass is 32.1. The molecule has 4 rings (SSSR count). The SMILES string of the molecule is C[C@H]1c2ccsc2CC[NH+]1Cn1nc(C2CC2)n(C)c1=S. The van der Waals surface area contributed by atoms with Gasteiger partial charge in [-0.2, -0.15) is 9.78 Å². The summed E-state index contributed by atoms with van der Waals surface area (Å²) >= 11 is 7.48. The number of fused-ring (bicyclic) bond motifs is 1. The Hall–Kier alpha value is -0.980. The van der Waals surface area contributed by atoms with E-state index in [9.17, 15) is 0 Å². The second-order valence-electron chi connectivity index (χ2n) is 6.31. The zero-order valence-corrected chi connectivity index (χ0v) is 14.1. The summed E-state index contributed by atoms with van der Waals surface area (Å²) in [5, 5.41) is 7.02. The van der Waals surface area contributed by atoms with Crippen molar-refractivity contribution < 1.29 is 4.90 Å². The van der Waals surface area contributed by atoms with Crippen LogP contribution in [-0.4, -0.2) is 20.9 Å². The van der Waals surface area contributed by atoms with Crippen LogP contribution in [0.25, 0.3) is 0 Å². The molecule has 6 heteroatoms. The quantitative estimate of drug-likeness (QED) is 0.876. The Morgan fingerprint density at radius 2 is 2.29 bits per heavy atom. The van der Waals surface area contributed by atoms with Gasteiger partial charge in [-0.05, 0) is 43.4 Å². The molecular weight excluding hydrogens is 300 g/mol. The summed E-state index contributed by atoms with van der Waals surface area (Å²) in [4.78, 5) is 3.13. The van der Waals surface area contributed by atoms with Crippen molar-refractivity contribution >= 4 is 23.6 Å². The summed E-state index contributed by atoms with van der Waals surface area (Å²) in [5.74, 6) is 1.83. The first-order valence-electron chi connectivity index (χ1n) is 7.69. The van der Waals surface area contributed by atoms with Crippen molar-refractivity contribution in [2.45, 2.75) is 44.8 Å². The van der Waals surface area contributed by atoms with Gasteiger partial charge in [0.25, 0.3) is 0 Å². The van der Waals surface area contributed by atoms with E-state index >= 15 is 0 Å². The Morgan fingerprint density at radius 3 is 3.05 bits per heavy atom. The molecule has 21 heavy (non-hydrogen) atoms. The van der Waals surface area contributed by atoms with Crippen molar-refractivity contribution in [3.8, 4) is 0 Å². The highest BCUT2D eigenvalue weighted by molar-refractivity contribution is 7.71. The molecule has 0 saturated heterocycles. The van der Waals surface area contributed by atoms with Crippen molar-refractivity contribution in [3.63, 3.8) is 0 Å². The van der Waals surface area contributed by atoms with Gasteiger partial charge in [0, 0.05) is 29.8 Å². The van der Waals surface area contributed by atoms with Crippen molar-refractivity contribution in [2.75, 3.05) is 6.54 Å².